The molecule has 1 aromatic heterocycles. The van der Waals surface area contributed by atoms with Crippen LogP contribution in [-0.4, -0.2) is 56.4 Å². The Balaban J connectivity index is 0.000000392. The number of hydrogen-bond acceptors (Lipinski definition) is 6. The van der Waals surface area contributed by atoms with Crippen LogP contribution in [0, 0.1) is 0 Å². The van der Waals surface area contributed by atoms with Gasteiger partial charge in [0, 0.05) is 17.5 Å². The summed E-state index contributed by atoms with van der Waals surface area (Å²) in [6.45, 7) is 0. The van der Waals surface area contributed by atoms with Crippen LogP contribution in [0.15, 0.2) is 42.6 Å². The number of aromatic nitrogens is 1. The van der Waals surface area contributed by atoms with Crippen molar-refractivity contribution in [3.05, 3.63) is 42.6 Å². The largest absolute Gasteiger partial charge is 0.481 e. The molecule has 0 unspecified atom stereocenters. The molecule has 0 saturated heterocycles. The molecule has 0 amide bonds. The Morgan fingerprint density at radius 2 is 1.21 bits per heavy atom. The van der Waals surface area contributed by atoms with E-state index in [0.717, 1.165) is 0 Å². The summed E-state index contributed by atoms with van der Waals surface area (Å²) >= 11 is 0. The summed E-state index contributed by atoms with van der Waals surface area (Å²) in [6.07, 6.45) is 0.868. The van der Waals surface area contributed by atoms with Gasteiger partial charge in [0.05, 0.1) is 12.8 Å². The topological polar surface area (TPSA) is 215 Å². The number of para-hydroxylation sites is 1. The molecular weight excluding hydrogens is 374 g/mol. The Morgan fingerprint density at radius 3 is 1.57 bits per heavy atom. The fourth-order valence-electron chi connectivity index (χ4n) is 1.61. The maximum atomic E-state index is 9.85. The van der Waals surface area contributed by atoms with E-state index in [0.29, 0.717) is 0 Å². The number of carboxylic acid groups (broad SMARTS) is 4. The normalized spacial score (nSPS) is 11.6. The maximum absolute atomic E-state index is 9.85. The number of nitrogens with two attached hydrogens (primary N) is 2. The van der Waals surface area contributed by atoms with Gasteiger partial charge in [0.25, 0.3) is 0 Å². The van der Waals surface area contributed by atoms with Gasteiger partial charge < -0.3 is 31.9 Å². The van der Waals surface area contributed by atoms with Crippen LogP contribution in [-0.2, 0) is 19.2 Å². The van der Waals surface area contributed by atoms with E-state index < -0.39 is 48.8 Å². The van der Waals surface area contributed by atoms with Gasteiger partial charge in [-0.3, -0.25) is 19.2 Å². The van der Waals surface area contributed by atoms with Crippen molar-refractivity contribution in [3.63, 3.8) is 0 Å². The summed E-state index contributed by atoms with van der Waals surface area (Å²) in [5.41, 5.74) is 10.9. The second-order valence-corrected chi connectivity index (χ2v) is 5.34. The Morgan fingerprint density at radius 1 is 0.786 bits per heavy atom. The zero-order chi connectivity index (χ0) is 21.7. The minimum absolute atomic E-state index is 0.532. The van der Waals surface area contributed by atoms with E-state index in [1.54, 1.807) is 0 Å². The zero-order valence-electron chi connectivity index (χ0n) is 14.7. The summed E-state index contributed by atoms with van der Waals surface area (Å²) < 4.78 is 0. The maximum Gasteiger partial charge on any atom is 0.321 e. The van der Waals surface area contributed by atoms with E-state index in [9.17, 15) is 19.2 Å². The van der Waals surface area contributed by atoms with E-state index >= 15 is 0 Å². The predicted molar refractivity (Wildman–Crippen MR) is 96.2 cm³/mol. The van der Waals surface area contributed by atoms with Crippen molar-refractivity contribution in [2.75, 3.05) is 0 Å². The van der Waals surface area contributed by atoms with Crippen molar-refractivity contribution >= 4 is 34.8 Å². The molecule has 2 rings (SSSR count). The molecule has 0 fully saturated rings. The molecule has 2 atom stereocenters. The number of pyridine rings is 1. The molecule has 11 heteroatoms. The lowest BCUT2D eigenvalue weighted by molar-refractivity contribution is -0.344. The fraction of sp³-hybridized carbons (Fsp3) is 0.235. The van der Waals surface area contributed by atoms with Gasteiger partial charge in [0.15, 0.2) is 6.20 Å². The average Bonchev–Trinajstić information content (AvgIpc) is 2.61. The lowest BCUT2D eigenvalue weighted by Crippen LogP contribution is -2.32. The highest BCUT2D eigenvalue weighted by molar-refractivity contribution is 5.80. The molecule has 152 valence electrons. The van der Waals surface area contributed by atoms with Gasteiger partial charge in [0.1, 0.15) is 12.1 Å². The van der Waals surface area contributed by atoms with Crippen LogP contribution in [0.2, 0.25) is 0 Å². The molecule has 0 saturated carbocycles. The first-order valence-corrected chi connectivity index (χ1v) is 7.80. The number of H-pyrrole nitrogens is 1. The monoisotopic (exact) mass is 396 g/mol. The molecule has 2 aromatic rings. The molecule has 0 radical (unpaired) electrons. The van der Waals surface area contributed by atoms with Crippen molar-refractivity contribution < 1.29 is 44.6 Å². The van der Waals surface area contributed by atoms with E-state index in [1.807, 2.05) is 24.4 Å². The quantitative estimate of drug-likeness (QED) is 0.364. The molecule has 0 bridgehead atoms. The smallest absolute Gasteiger partial charge is 0.321 e. The standard InChI is InChI=1S/C9H7N.2C4H7NO4/c1-2-6-9-8(4-1)5-3-7-10-9;2*5-2(4(8)9)1-3(6)7/h1-7H;2*2H,1,5H2,(H,6,7)(H,8,9)/p+1/t;2*2-/m.00/s1. The zero-order valence-corrected chi connectivity index (χ0v) is 14.7. The number of carbonyl (C=O) groups is 4. The number of carboxylic acids is 4. The highest BCUT2D eigenvalue weighted by atomic mass is 16.4. The number of rotatable bonds is 6. The van der Waals surface area contributed by atoms with E-state index in [4.69, 9.17) is 31.9 Å². The van der Waals surface area contributed by atoms with Crippen LogP contribution in [0.4, 0.5) is 0 Å². The second-order valence-electron chi connectivity index (χ2n) is 5.34. The molecule has 11 nitrogen and oxygen atoms in total. The molecule has 28 heavy (non-hydrogen) atoms. The van der Waals surface area contributed by atoms with Crippen molar-refractivity contribution in [3.8, 4) is 0 Å². The third-order valence-corrected chi connectivity index (χ3v) is 3.00. The van der Waals surface area contributed by atoms with Crippen molar-refractivity contribution in [2.45, 2.75) is 24.9 Å². The minimum Gasteiger partial charge on any atom is -0.481 e. The Labute approximate surface area is 159 Å². The van der Waals surface area contributed by atoms with Gasteiger partial charge >= 0.3 is 23.9 Å². The van der Waals surface area contributed by atoms with Gasteiger partial charge in [-0.25, -0.2) is 4.98 Å². The number of aromatic amines is 1. The predicted octanol–water partition coefficient (Wildman–Crippen LogP) is -0.600. The molecule has 0 aliphatic heterocycles. The molecule has 0 spiro atoms. The Hall–Kier alpha value is -3.57. The van der Waals surface area contributed by atoms with Crippen LogP contribution < -0.4 is 16.5 Å². The lowest BCUT2D eigenvalue weighted by atomic mass is 10.2. The molecule has 1 aromatic carbocycles. The third-order valence-electron chi connectivity index (χ3n) is 3.00. The minimum atomic E-state index is -1.29. The molecular formula is C17H22N3O8+. The van der Waals surface area contributed by atoms with Gasteiger partial charge in [-0.05, 0) is 12.1 Å². The highest BCUT2D eigenvalue weighted by Crippen LogP contribution is 2.05. The summed E-state index contributed by atoms with van der Waals surface area (Å²) in [5, 5.41) is 33.3. The van der Waals surface area contributed by atoms with E-state index in [2.05, 4.69) is 23.2 Å². The van der Waals surface area contributed by atoms with Crippen molar-refractivity contribution in [2.24, 2.45) is 11.5 Å². The average molecular weight is 396 g/mol. The summed E-state index contributed by atoms with van der Waals surface area (Å²) in [4.78, 5) is 42.4. The van der Waals surface area contributed by atoms with Crippen LogP contribution in [0.5, 0.6) is 0 Å². The molecule has 9 N–H and O–H groups in total. The molecule has 0 aliphatic rings. The summed E-state index contributed by atoms with van der Waals surface area (Å²) in [6, 6.07) is 9.73. The highest BCUT2D eigenvalue weighted by Gasteiger charge is 2.15. The van der Waals surface area contributed by atoms with Gasteiger partial charge in [-0.15, -0.1) is 0 Å². The Bertz CT molecular complexity index is 714. The van der Waals surface area contributed by atoms with Crippen molar-refractivity contribution in [1.82, 2.24) is 0 Å². The third kappa shape index (κ3) is 11.1. The number of nitrogens with one attached hydrogen (secondary N) is 1. The number of fused-ring (bicyclic) bond motifs is 1. The van der Waals surface area contributed by atoms with Gasteiger partial charge in [-0.1, -0.05) is 12.1 Å². The van der Waals surface area contributed by atoms with E-state index in [-0.39, 0.29) is 0 Å². The van der Waals surface area contributed by atoms with Gasteiger partial charge in [-0.2, -0.15) is 0 Å². The second kappa shape index (κ2) is 12.7. The SMILES string of the molecule is N[C@@H](CC(=O)O)C(=O)O.N[C@@H](CC(=O)O)C(=O)O.c1ccc2[nH+]cccc2c1. The fourth-order valence-corrected chi connectivity index (χ4v) is 1.61. The molecule has 1 heterocycles. The van der Waals surface area contributed by atoms with Crippen LogP contribution in [0.3, 0.4) is 0 Å². The van der Waals surface area contributed by atoms with E-state index in [1.165, 1.54) is 10.9 Å². The summed E-state index contributed by atoms with van der Waals surface area (Å²) in [5.74, 6) is -5.00. The Kier molecular flexibility index (Phi) is 11.1. The first kappa shape index (κ1) is 24.4. The summed E-state index contributed by atoms with van der Waals surface area (Å²) in [7, 11) is 0. The molecule has 0 aliphatic carbocycles. The number of hydrogen-bond donors (Lipinski definition) is 6. The van der Waals surface area contributed by atoms with Gasteiger partial charge in [0.2, 0.25) is 5.52 Å². The first-order valence-electron chi connectivity index (χ1n) is 7.80. The van der Waals surface area contributed by atoms with Crippen LogP contribution in [0.25, 0.3) is 10.9 Å². The number of aliphatic carboxylic acids is 4. The van der Waals surface area contributed by atoms with Crippen LogP contribution in [0.1, 0.15) is 12.8 Å². The number of benzene rings is 1. The van der Waals surface area contributed by atoms with Crippen LogP contribution >= 0.6 is 0 Å². The first-order chi connectivity index (χ1) is 13.0. The lowest BCUT2D eigenvalue weighted by Gasteiger charge is -1.99. The van der Waals surface area contributed by atoms with Crippen molar-refractivity contribution in [1.29, 1.82) is 0 Å².